The predicted molar refractivity (Wildman–Crippen MR) is 75.2 cm³/mol. The van der Waals surface area contributed by atoms with E-state index in [0.717, 1.165) is 12.8 Å². The average molecular weight is 294 g/mol. The third kappa shape index (κ3) is 2.16. The molecule has 0 fully saturated rings. The van der Waals surface area contributed by atoms with Crippen molar-refractivity contribution in [1.82, 2.24) is 9.55 Å². The number of aromatic nitrogens is 2. The van der Waals surface area contributed by atoms with Gasteiger partial charge in [-0.25, -0.2) is 4.98 Å². The molecule has 1 aliphatic heterocycles. The van der Waals surface area contributed by atoms with Crippen LogP contribution in [-0.4, -0.2) is 19.9 Å². The van der Waals surface area contributed by atoms with E-state index in [-0.39, 0.29) is 16.6 Å². The molecule has 1 aromatic heterocycles. The average Bonchev–Trinajstić information content (AvgIpc) is 2.60. The normalized spacial score (nSPS) is 18.6. The molecule has 1 aliphatic rings. The van der Waals surface area contributed by atoms with Crippen molar-refractivity contribution in [3.8, 4) is 0 Å². The van der Waals surface area contributed by atoms with E-state index in [0.29, 0.717) is 29.7 Å². The molecule has 20 heavy (non-hydrogen) atoms. The molecule has 0 spiro atoms. The summed E-state index contributed by atoms with van der Waals surface area (Å²) in [4.78, 5) is 27.2. The van der Waals surface area contributed by atoms with Gasteiger partial charge in [0.1, 0.15) is 5.82 Å². The Hall–Kier alpha value is -1.95. The maximum atomic E-state index is 12.4. The summed E-state index contributed by atoms with van der Waals surface area (Å²) in [7, 11) is 0. The molecular formula is C13H12ClN3O3. The predicted octanol–water partition coefficient (Wildman–Crippen LogP) is 2.25. The molecule has 1 aromatic carbocycles. The zero-order chi connectivity index (χ0) is 14.3. The Balaban J connectivity index is 2.25. The number of hydrogen-bond acceptors (Lipinski definition) is 4. The van der Waals surface area contributed by atoms with E-state index in [4.69, 9.17) is 11.6 Å². The third-order valence-electron chi connectivity index (χ3n) is 3.53. The van der Waals surface area contributed by atoms with Crippen molar-refractivity contribution in [2.75, 3.05) is 0 Å². The molecule has 6 nitrogen and oxygen atoms in total. The van der Waals surface area contributed by atoms with Gasteiger partial charge in [0.05, 0.1) is 21.2 Å². The molecule has 0 saturated heterocycles. The highest BCUT2D eigenvalue weighted by Crippen LogP contribution is 2.21. The minimum Gasteiger partial charge on any atom is -0.295 e. The number of halogens is 1. The van der Waals surface area contributed by atoms with Crippen LogP contribution >= 0.6 is 11.6 Å². The Bertz CT molecular complexity index is 756. The summed E-state index contributed by atoms with van der Waals surface area (Å²) in [6.45, 7) is 0.440. The topological polar surface area (TPSA) is 78.0 Å². The number of nitrogens with zero attached hydrogens (tertiary/aromatic N) is 3. The van der Waals surface area contributed by atoms with Crippen LogP contribution in [-0.2, 0) is 13.0 Å². The molecule has 3 rings (SSSR count). The molecule has 0 saturated carbocycles. The number of nitro benzene ring substituents is 1. The summed E-state index contributed by atoms with van der Waals surface area (Å²) in [6.07, 6.45) is 2.36. The number of non-ortho nitro benzene ring substituents is 1. The van der Waals surface area contributed by atoms with E-state index in [9.17, 15) is 14.9 Å². The number of benzene rings is 1. The summed E-state index contributed by atoms with van der Waals surface area (Å²) in [6, 6.07) is 4.14. The molecule has 2 aromatic rings. The number of aryl methyl sites for hydroxylation is 1. The van der Waals surface area contributed by atoms with Crippen molar-refractivity contribution in [1.29, 1.82) is 0 Å². The smallest absolute Gasteiger partial charge is 0.271 e. The monoisotopic (exact) mass is 293 g/mol. The molecule has 0 bridgehead atoms. The fourth-order valence-electron chi connectivity index (χ4n) is 2.52. The molecule has 0 radical (unpaired) electrons. The zero-order valence-electron chi connectivity index (χ0n) is 10.6. The van der Waals surface area contributed by atoms with Crippen LogP contribution in [0.3, 0.4) is 0 Å². The molecule has 0 amide bonds. The summed E-state index contributed by atoms with van der Waals surface area (Å²) in [5.74, 6) is 0.658. The van der Waals surface area contributed by atoms with E-state index in [1.54, 1.807) is 4.57 Å². The van der Waals surface area contributed by atoms with Gasteiger partial charge in [0.25, 0.3) is 11.2 Å². The SMILES string of the molecule is O=c1c2ccc([N+](=O)[O-])cc2nc2n1C[C@H](Cl)CCC2. The van der Waals surface area contributed by atoms with Gasteiger partial charge in [-0.2, -0.15) is 0 Å². The van der Waals surface area contributed by atoms with Crippen molar-refractivity contribution < 1.29 is 4.92 Å². The number of rotatable bonds is 1. The summed E-state index contributed by atoms with van der Waals surface area (Å²) in [5.41, 5.74) is 0.147. The van der Waals surface area contributed by atoms with Crippen LogP contribution in [0.25, 0.3) is 10.9 Å². The van der Waals surface area contributed by atoms with Gasteiger partial charge in [-0.1, -0.05) is 0 Å². The lowest BCUT2D eigenvalue weighted by Gasteiger charge is -2.11. The molecule has 0 N–H and O–H groups in total. The van der Waals surface area contributed by atoms with Crippen LogP contribution in [0, 0.1) is 10.1 Å². The third-order valence-corrected chi connectivity index (χ3v) is 3.88. The number of alkyl halides is 1. The number of nitro groups is 1. The largest absolute Gasteiger partial charge is 0.295 e. The minimum absolute atomic E-state index is 0.0572. The van der Waals surface area contributed by atoms with Gasteiger partial charge < -0.3 is 0 Å². The Morgan fingerprint density at radius 2 is 2.25 bits per heavy atom. The maximum Gasteiger partial charge on any atom is 0.271 e. The van der Waals surface area contributed by atoms with Gasteiger partial charge in [0.15, 0.2) is 0 Å². The van der Waals surface area contributed by atoms with Crippen molar-refractivity contribution >= 4 is 28.2 Å². The second-order valence-electron chi connectivity index (χ2n) is 4.89. The van der Waals surface area contributed by atoms with Gasteiger partial charge >= 0.3 is 0 Å². The number of hydrogen-bond donors (Lipinski definition) is 0. The van der Waals surface area contributed by atoms with E-state index in [1.807, 2.05) is 0 Å². The first kappa shape index (κ1) is 13.1. The van der Waals surface area contributed by atoms with Gasteiger partial charge in [-0.05, 0) is 18.9 Å². The van der Waals surface area contributed by atoms with Gasteiger partial charge in [0.2, 0.25) is 0 Å². The van der Waals surface area contributed by atoms with E-state index in [2.05, 4.69) is 4.98 Å². The minimum atomic E-state index is -0.487. The molecule has 0 unspecified atom stereocenters. The van der Waals surface area contributed by atoms with Gasteiger partial charge in [-0.15, -0.1) is 11.6 Å². The van der Waals surface area contributed by atoms with Crippen LogP contribution in [0.1, 0.15) is 18.7 Å². The molecule has 7 heteroatoms. The molecular weight excluding hydrogens is 282 g/mol. The first-order valence-corrected chi connectivity index (χ1v) is 6.82. The quantitative estimate of drug-likeness (QED) is 0.459. The Morgan fingerprint density at radius 1 is 1.45 bits per heavy atom. The summed E-state index contributed by atoms with van der Waals surface area (Å²) in [5, 5.41) is 11.1. The maximum absolute atomic E-state index is 12.4. The highest BCUT2D eigenvalue weighted by molar-refractivity contribution is 6.20. The standard InChI is InChI=1S/C13H12ClN3O3/c14-8-2-1-3-12-15-11-6-9(17(19)20)4-5-10(11)13(18)16(12)7-8/h4-6,8H,1-3,7H2/t8-/m1/s1. The lowest BCUT2D eigenvalue weighted by atomic mass is 10.2. The van der Waals surface area contributed by atoms with Crippen LogP contribution < -0.4 is 5.56 Å². The summed E-state index contributed by atoms with van der Waals surface area (Å²) < 4.78 is 1.60. The molecule has 2 heterocycles. The Labute approximate surface area is 119 Å². The van der Waals surface area contributed by atoms with Crippen molar-refractivity contribution in [3.05, 3.63) is 44.5 Å². The highest BCUT2D eigenvalue weighted by atomic mass is 35.5. The van der Waals surface area contributed by atoms with Gasteiger partial charge in [0, 0.05) is 25.1 Å². The Kier molecular flexibility index (Phi) is 3.17. The first-order valence-electron chi connectivity index (χ1n) is 6.38. The van der Waals surface area contributed by atoms with Crippen LogP contribution in [0.5, 0.6) is 0 Å². The molecule has 104 valence electrons. The lowest BCUT2D eigenvalue weighted by Crippen LogP contribution is -2.27. The van der Waals surface area contributed by atoms with E-state index >= 15 is 0 Å². The van der Waals surface area contributed by atoms with Crippen molar-refractivity contribution in [3.63, 3.8) is 0 Å². The van der Waals surface area contributed by atoms with E-state index < -0.39 is 4.92 Å². The lowest BCUT2D eigenvalue weighted by molar-refractivity contribution is -0.384. The fraction of sp³-hybridized carbons (Fsp3) is 0.385. The second kappa shape index (κ2) is 4.86. The van der Waals surface area contributed by atoms with Gasteiger partial charge in [-0.3, -0.25) is 19.5 Å². The van der Waals surface area contributed by atoms with Crippen LogP contribution in [0.15, 0.2) is 23.0 Å². The van der Waals surface area contributed by atoms with E-state index in [1.165, 1.54) is 18.2 Å². The van der Waals surface area contributed by atoms with Crippen molar-refractivity contribution in [2.24, 2.45) is 0 Å². The number of fused-ring (bicyclic) bond motifs is 2. The second-order valence-corrected chi connectivity index (χ2v) is 5.51. The fourth-order valence-corrected chi connectivity index (χ4v) is 2.81. The molecule has 0 aliphatic carbocycles. The highest BCUT2D eigenvalue weighted by Gasteiger charge is 2.19. The van der Waals surface area contributed by atoms with Crippen molar-refractivity contribution in [2.45, 2.75) is 31.2 Å². The van der Waals surface area contributed by atoms with Crippen LogP contribution in [0.2, 0.25) is 0 Å². The molecule has 1 atom stereocenters. The first-order chi connectivity index (χ1) is 9.56. The van der Waals surface area contributed by atoms with Crippen LogP contribution in [0.4, 0.5) is 5.69 Å². The summed E-state index contributed by atoms with van der Waals surface area (Å²) >= 11 is 6.16. The zero-order valence-corrected chi connectivity index (χ0v) is 11.3. The Morgan fingerprint density at radius 3 is 3.00 bits per heavy atom.